The summed E-state index contributed by atoms with van der Waals surface area (Å²) in [6.07, 6.45) is 3.08. The molecule has 1 aromatic rings. The summed E-state index contributed by atoms with van der Waals surface area (Å²) in [6, 6.07) is 4.85. The molecule has 1 atom stereocenters. The van der Waals surface area contributed by atoms with Crippen LogP contribution in [0.4, 0.5) is 10.5 Å². The van der Waals surface area contributed by atoms with E-state index in [4.69, 9.17) is 4.74 Å². The highest BCUT2D eigenvalue weighted by molar-refractivity contribution is 5.86. The fourth-order valence-corrected chi connectivity index (χ4v) is 2.81. The maximum absolute atomic E-state index is 12.0. The van der Waals surface area contributed by atoms with Gasteiger partial charge in [-0.05, 0) is 83.2 Å². The number of carbonyl (C=O) groups excluding carboxylic acids is 1. The predicted molar refractivity (Wildman–Crippen MR) is 90.5 cm³/mol. The van der Waals surface area contributed by atoms with Crippen molar-refractivity contribution in [2.45, 2.75) is 65.5 Å². The van der Waals surface area contributed by atoms with Crippen LogP contribution in [0.2, 0.25) is 0 Å². The molecule has 2 N–H and O–H groups in total. The van der Waals surface area contributed by atoms with Gasteiger partial charge in [0.15, 0.2) is 0 Å². The van der Waals surface area contributed by atoms with E-state index in [1.54, 1.807) is 0 Å². The van der Waals surface area contributed by atoms with Crippen LogP contribution in [0.25, 0.3) is 0 Å². The molecule has 0 saturated carbocycles. The third kappa shape index (κ3) is 4.73. The molecule has 122 valence electrons. The smallest absolute Gasteiger partial charge is 0.412 e. The maximum atomic E-state index is 12.0. The Morgan fingerprint density at radius 1 is 1.36 bits per heavy atom. The number of aryl methyl sites for hydroxylation is 1. The van der Waals surface area contributed by atoms with Crippen LogP contribution < -0.4 is 10.6 Å². The highest BCUT2D eigenvalue weighted by atomic mass is 16.6. The summed E-state index contributed by atoms with van der Waals surface area (Å²) in [5, 5.41) is 6.41. The molecular weight excluding hydrogens is 276 g/mol. The van der Waals surface area contributed by atoms with Gasteiger partial charge in [-0.3, -0.25) is 5.32 Å². The van der Waals surface area contributed by atoms with Gasteiger partial charge in [0.25, 0.3) is 0 Å². The minimum Gasteiger partial charge on any atom is -0.444 e. The van der Waals surface area contributed by atoms with Crippen molar-refractivity contribution < 1.29 is 9.53 Å². The summed E-state index contributed by atoms with van der Waals surface area (Å²) >= 11 is 0. The van der Waals surface area contributed by atoms with E-state index in [0.29, 0.717) is 6.04 Å². The molecule has 4 nitrogen and oxygen atoms in total. The molecule has 0 spiro atoms. The molecule has 4 heteroatoms. The Balaban J connectivity index is 2.12. The van der Waals surface area contributed by atoms with Crippen molar-refractivity contribution in [3.05, 3.63) is 28.8 Å². The zero-order valence-corrected chi connectivity index (χ0v) is 14.4. The zero-order valence-electron chi connectivity index (χ0n) is 14.4. The van der Waals surface area contributed by atoms with Crippen molar-refractivity contribution in [3.63, 3.8) is 0 Å². The van der Waals surface area contributed by atoms with Crippen LogP contribution in [0.5, 0.6) is 0 Å². The molecule has 1 unspecified atom stereocenters. The number of carbonyl (C=O) groups is 1. The number of ether oxygens (including phenoxy) is 1. The second-order valence-corrected chi connectivity index (χ2v) is 7.21. The van der Waals surface area contributed by atoms with Crippen molar-refractivity contribution in [1.29, 1.82) is 0 Å². The Morgan fingerprint density at radius 2 is 2.09 bits per heavy atom. The summed E-state index contributed by atoms with van der Waals surface area (Å²) in [6.45, 7) is 10.8. The van der Waals surface area contributed by atoms with Crippen LogP contribution in [-0.4, -0.2) is 24.3 Å². The topological polar surface area (TPSA) is 50.4 Å². The number of amides is 1. The van der Waals surface area contributed by atoms with E-state index in [2.05, 4.69) is 29.7 Å². The summed E-state index contributed by atoms with van der Waals surface area (Å²) in [5.74, 6) is 0. The van der Waals surface area contributed by atoms with E-state index in [1.807, 2.05) is 27.7 Å². The first-order valence-electron chi connectivity index (χ1n) is 8.08. The average Bonchev–Trinajstić information content (AvgIpc) is 2.85. The third-order valence-corrected chi connectivity index (χ3v) is 4.01. The Hall–Kier alpha value is -1.55. The minimum atomic E-state index is -0.488. The van der Waals surface area contributed by atoms with Crippen molar-refractivity contribution in [2.75, 3.05) is 11.9 Å². The molecule has 0 radical (unpaired) electrons. The van der Waals surface area contributed by atoms with E-state index in [9.17, 15) is 4.79 Å². The third-order valence-electron chi connectivity index (χ3n) is 4.01. The average molecular weight is 304 g/mol. The molecule has 0 aliphatic carbocycles. The van der Waals surface area contributed by atoms with E-state index in [-0.39, 0.29) is 0 Å². The molecule has 1 aliphatic heterocycles. The van der Waals surface area contributed by atoms with Gasteiger partial charge in [0, 0.05) is 11.7 Å². The highest BCUT2D eigenvalue weighted by Crippen LogP contribution is 2.24. The molecule has 0 aromatic heterocycles. The van der Waals surface area contributed by atoms with Gasteiger partial charge in [-0.2, -0.15) is 0 Å². The monoisotopic (exact) mass is 304 g/mol. The quantitative estimate of drug-likeness (QED) is 0.889. The normalized spacial score (nSPS) is 18.3. The molecule has 1 amide bonds. The molecule has 22 heavy (non-hydrogen) atoms. The van der Waals surface area contributed by atoms with Gasteiger partial charge in [-0.25, -0.2) is 4.79 Å². The van der Waals surface area contributed by atoms with Crippen LogP contribution in [0.15, 0.2) is 12.1 Å². The number of rotatable bonds is 3. The minimum absolute atomic E-state index is 0.397. The Labute approximate surface area is 133 Å². The second kappa shape index (κ2) is 6.69. The molecule has 1 aromatic carbocycles. The summed E-state index contributed by atoms with van der Waals surface area (Å²) in [4.78, 5) is 12.0. The first-order chi connectivity index (χ1) is 10.2. The summed E-state index contributed by atoms with van der Waals surface area (Å²) < 4.78 is 5.35. The van der Waals surface area contributed by atoms with Crippen LogP contribution >= 0.6 is 0 Å². The lowest BCUT2D eigenvalue weighted by Gasteiger charge is -2.21. The molecule has 1 saturated heterocycles. The first-order valence-corrected chi connectivity index (χ1v) is 8.08. The number of benzene rings is 1. The van der Waals surface area contributed by atoms with Crippen molar-refractivity contribution >= 4 is 11.8 Å². The van der Waals surface area contributed by atoms with Crippen LogP contribution in [0.1, 0.15) is 50.3 Å². The Bertz CT molecular complexity index is 541. The van der Waals surface area contributed by atoms with Gasteiger partial charge >= 0.3 is 6.09 Å². The van der Waals surface area contributed by atoms with Gasteiger partial charge in [0.1, 0.15) is 5.60 Å². The summed E-state index contributed by atoms with van der Waals surface area (Å²) in [5.41, 5.74) is 3.91. The van der Waals surface area contributed by atoms with Gasteiger partial charge in [-0.15, -0.1) is 0 Å². The standard InChI is InChI=1S/C18H28N2O2/c1-12-9-14(10-15-7-6-8-19-15)11-16(13(12)2)20-17(21)22-18(3,4)5/h9,11,15,19H,6-8,10H2,1-5H3,(H,20,21). The van der Waals surface area contributed by atoms with Crippen LogP contribution in [0, 0.1) is 13.8 Å². The zero-order chi connectivity index (χ0) is 16.3. The lowest BCUT2D eigenvalue weighted by atomic mass is 9.98. The summed E-state index contributed by atoms with van der Waals surface area (Å²) in [7, 11) is 0. The fraction of sp³-hybridized carbons (Fsp3) is 0.611. The molecular formula is C18H28N2O2. The predicted octanol–water partition coefficient (Wildman–Crippen LogP) is 3.94. The van der Waals surface area contributed by atoms with Crippen LogP contribution in [-0.2, 0) is 11.2 Å². The fourth-order valence-electron chi connectivity index (χ4n) is 2.81. The number of hydrogen-bond donors (Lipinski definition) is 2. The Morgan fingerprint density at radius 3 is 2.68 bits per heavy atom. The van der Waals surface area contributed by atoms with Gasteiger partial charge < -0.3 is 10.1 Å². The first kappa shape index (κ1) is 16.8. The number of hydrogen-bond acceptors (Lipinski definition) is 3. The lowest BCUT2D eigenvalue weighted by molar-refractivity contribution is 0.0636. The molecule has 1 fully saturated rings. The van der Waals surface area contributed by atoms with Gasteiger partial charge in [-0.1, -0.05) is 6.07 Å². The SMILES string of the molecule is Cc1cc(CC2CCCN2)cc(NC(=O)OC(C)(C)C)c1C. The second-order valence-electron chi connectivity index (χ2n) is 7.21. The molecule has 1 heterocycles. The largest absolute Gasteiger partial charge is 0.444 e. The van der Waals surface area contributed by atoms with Crippen LogP contribution in [0.3, 0.4) is 0 Å². The van der Waals surface area contributed by atoms with E-state index < -0.39 is 11.7 Å². The Kier molecular flexibility index (Phi) is 5.12. The van der Waals surface area contributed by atoms with E-state index in [1.165, 1.54) is 24.0 Å². The molecule has 2 rings (SSSR count). The maximum Gasteiger partial charge on any atom is 0.412 e. The van der Waals surface area contributed by atoms with Gasteiger partial charge in [0.2, 0.25) is 0 Å². The van der Waals surface area contributed by atoms with Crippen molar-refractivity contribution in [1.82, 2.24) is 5.32 Å². The molecule has 0 bridgehead atoms. The van der Waals surface area contributed by atoms with Crippen molar-refractivity contribution in [2.24, 2.45) is 0 Å². The van der Waals surface area contributed by atoms with Gasteiger partial charge in [0.05, 0.1) is 0 Å². The van der Waals surface area contributed by atoms with E-state index >= 15 is 0 Å². The van der Waals surface area contributed by atoms with Crippen molar-refractivity contribution in [3.8, 4) is 0 Å². The number of anilines is 1. The van der Waals surface area contributed by atoms with E-state index in [0.717, 1.165) is 24.2 Å². The number of nitrogens with one attached hydrogen (secondary N) is 2. The lowest BCUT2D eigenvalue weighted by Crippen LogP contribution is -2.27. The highest BCUT2D eigenvalue weighted by Gasteiger charge is 2.19. The molecule has 1 aliphatic rings.